The Hall–Kier alpha value is -1.06. The smallest absolute Gasteiger partial charge is 0.189 e. The number of rotatable bonds is 3. The number of aliphatic hydroxyl groups is 1. The summed E-state index contributed by atoms with van der Waals surface area (Å²) in [6.07, 6.45) is 1.67. The van der Waals surface area contributed by atoms with Gasteiger partial charge in [0.1, 0.15) is 5.75 Å². The second kappa shape index (κ2) is 4.44. The number of benzene rings is 1. The third-order valence-electron chi connectivity index (χ3n) is 2.38. The molecule has 0 amide bonds. The molecule has 0 unspecified atom stereocenters. The Kier molecular flexibility index (Phi) is 3.01. The lowest BCUT2D eigenvalue weighted by atomic mass is 10.0. The number of aryl methyl sites for hydroxylation is 1. The third kappa shape index (κ3) is 1.89. The van der Waals surface area contributed by atoms with Crippen molar-refractivity contribution in [2.75, 3.05) is 13.4 Å². The Labute approximate surface area is 83.3 Å². The van der Waals surface area contributed by atoms with Gasteiger partial charge in [0.2, 0.25) is 0 Å². The van der Waals surface area contributed by atoms with Crippen molar-refractivity contribution in [3.8, 4) is 5.75 Å². The Balaban J connectivity index is 2.21. The van der Waals surface area contributed by atoms with E-state index < -0.39 is 0 Å². The van der Waals surface area contributed by atoms with Crippen molar-refractivity contribution in [3.63, 3.8) is 0 Å². The zero-order valence-corrected chi connectivity index (χ0v) is 8.03. The molecule has 14 heavy (non-hydrogen) atoms. The summed E-state index contributed by atoms with van der Waals surface area (Å²) in [5.74, 6) is 0.923. The lowest BCUT2D eigenvalue weighted by Gasteiger charge is -2.20. The second-order valence-electron chi connectivity index (χ2n) is 3.33. The molecule has 0 bridgehead atoms. The molecular formula is C11H14O3. The van der Waals surface area contributed by atoms with Gasteiger partial charge in [0, 0.05) is 12.2 Å². The quantitative estimate of drug-likeness (QED) is 0.792. The minimum atomic E-state index is 0.228. The fraction of sp³-hybridized carbons (Fsp3) is 0.455. The fourth-order valence-electron chi connectivity index (χ4n) is 1.66. The zero-order chi connectivity index (χ0) is 9.80. The molecule has 1 aromatic carbocycles. The molecule has 0 aromatic heterocycles. The van der Waals surface area contributed by atoms with Gasteiger partial charge in [-0.1, -0.05) is 12.1 Å². The zero-order valence-electron chi connectivity index (χ0n) is 8.03. The highest BCUT2D eigenvalue weighted by Crippen LogP contribution is 2.27. The van der Waals surface area contributed by atoms with Crippen LogP contribution in [0.5, 0.6) is 5.75 Å². The molecule has 0 fully saturated rings. The van der Waals surface area contributed by atoms with E-state index in [0.717, 1.165) is 24.2 Å². The van der Waals surface area contributed by atoms with Gasteiger partial charge in [0.15, 0.2) is 6.79 Å². The summed E-state index contributed by atoms with van der Waals surface area (Å²) in [5.41, 5.74) is 2.35. The first-order chi connectivity index (χ1) is 6.92. The molecule has 0 saturated carbocycles. The molecule has 1 heterocycles. The fourth-order valence-corrected chi connectivity index (χ4v) is 1.66. The van der Waals surface area contributed by atoms with Crippen LogP contribution in [-0.4, -0.2) is 18.5 Å². The molecule has 1 N–H and O–H groups in total. The first-order valence-electron chi connectivity index (χ1n) is 4.84. The minimum Gasteiger partial charge on any atom is -0.467 e. The molecule has 0 atom stereocenters. The molecule has 76 valence electrons. The maximum atomic E-state index is 8.77. The molecule has 0 saturated heterocycles. The second-order valence-corrected chi connectivity index (χ2v) is 3.33. The standard InChI is InChI=1S/C11H14O3/c12-6-2-4-9-3-1-5-11-10(9)7-13-8-14-11/h1,3,5,12H,2,4,6-8H2. The van der Waals surface area contributed by atoms with E-state index in [1.54, 1.807) is 0 Å². The van der Waals surface area contributed by atoms with Crippen LogP contribution in [0.2, 0.25) is 0 Å². The van der Waals surface area contributed by atoms with Crippen molar-refractivity contribution in [1.82, 2.24) is 0 Å². The molecule has 2 rings (SSSR count). The molecule has 1 aliphatic rings. The SMILES string of the molecule is OCCCc1cccc2c1COCO2. The lowest BCUT2D eigenvalue weighted by Crippen LogP contribution is -2.13. The number of aliphatic hydroxyl groups excluding tert-OH is 1. The van der Waals surface area contributed by atoms with Crippen molar-refractivity contribution < 1.29 is 14.6 Å². The van der Waals surface area contributed by atoms with Crippen LogP contribution in [0.1, 0.15) is 17.5 Å². The van der Waals surface area contributed by atoms with Gasteiger partial charge in [-0.05, 0) is 24.5 Å². The number of hydrogen-bond donors (Lipinski definition) is 1. The van der Waals surface area contributed by atoms with Gasteiger partial charge in [-0.2, -0.15) is 0 Å². The number of ether oxygens (including phenoxy) is 2. The molecule has 0 aliphatic carbocycles. The highest BCUT2D eigenvalue weighted by Gasteiger charge is 2.13. The Morgan fingerprint density at radius 2 is 2.29 bits per heavy atom. The summed E-state index contributed by atoms with van der Waals surface area (Å²) in [6.45, 7) is 1.19. The average molecular weight is 194 g/mol. The maximum Gasteiger partial charge on any atom is 0.189 e. The molecule has 0 spiro atoms. The van der Waals surface area contributed by atoms with Crippen LogP contribution in [0.3, 0.4) is 0 Å². The van der Waals surface area contributed by atoms with Gasteiger partial charge in [-0.15, -0.1) is 0 Å². The molecular weight excluding hydrogens is 180 g/mol. The Bertz CT molecular complexity index is 309. The van der Waals surface area contributed by atoms with E-state index in [2.05, 4.69) is 6.07 Å². The van der Waals surface area contributed by atoms with Crippen LogP contribution < -0.4 is 4.74 Å². The summed E-state index contributed by atoms with van der Waals surface area (Å²) < 4.78 is 10.6. The predicted octanol–water partition coefficient (Wildman–Crippen LogP) is 1.48. The summed E-state index contributed by atoms with van der Waals surface area (Å²) in [4.78, 5) is 0. The van der Waals surface area contributed by atoms with E-state index in [9.17, 15) is 0 Å². The van der Waals surface area contributed by atoms with E-state index in [0.29, 0.717) is 13.4 Å². The van der Waals surface area contributed by atoms with Crippen LogP contribution in [0.4, 0.5) is 0 Å². The summed E-state index contributed by atoms with van der Waals surface area (Å²) in [5, 5.41) is 8.77. The first-order valence-corrected chi connectivity index (χ1v) is 4.84. The topological polar surface area (TPSA) is 38.7 Å². The van der Waals surface area contributed by atoms with Gasteiger partial charge >= 0.3 is 0 Å². The number of fused-ring (bicyclic) bond motifs is 1. The molecule has 3 heteroatoms. The Morgan fingerprint density at radius 1 is 1.36 bits per heavy atom. The van der Waals surface area contributed by atoms with E-state index >= 15 is 0 Å². The van der Waals surface area contributed by atoms with Crippen molar-refractivity contribution in [2.24, 2.45) is 0 Å². The average Bonchev–Trinajstić information content (AvgIpc) is 2.26. The van der Waals surface area contributed by atoms with Gasteiger partial charge < -0.3 is 14.6 Å². The van der Waals surface area contributed by atoms with E-state index in [-0.39, 0.29) is 6.61 Å². The predicted molar refractivity (Wildman–Crippen MR) is 52.1 cm³/mol. The summed E-state index contributed by atoms with van der Waals surface area (Å²) in [7, 11) is 0. The van der Waals surface area contributed by atoms with Crippen LogP contribution in [0.15, 0.2) is 18.2 Å². The van der Waals surface area contributed by atoms with E-state index in [1.165, 1.54) is 5.56 Å². The largest absolute Gasteiger partial charge is 0.467 e. The first kappa shape index (κ1) is 9.49. The molecule has 3 nitrogen and oxygen atoms in total. The minimum absolute atomic E-state index is 0.228. The van der Waals surface area contributed by atoms with Crippen LogP contribution in [0, 0.1) is 0 Å². The Morgan fingerprint density at radius 3 is 3.14 bits per heavy atom. The number of hydrogen-bond acceptors (Lipinski definition) is 3. The van der Waals surface area contributed by atoms with Crippen LogP contribution >= 0.6 is 0 Å². The molecule has 1 aliphatic heterocycles. The molecule has 1 aromatic rings. The van der Waals surface area contributed by atoms with Gasteiger partial charge in [0.25, 0.3) is 0 Å². The lowest BCUT2D eigenvalue weighted by molar-refractivity contribution is -0.0168. The van der Waals surface area contributed by atoms with Crippen molar-refractivity contribution in [1.29, 1.82) is 0 Å². The van der Waals surface area contributed by atoms with E-state index in [1.807, 2.05) is 12.1 Å². The van der Waals surface area contributed by atoms with Gasteiger partial charge in [-0.3, -0.25) is 0 Å². The third-order valence-corrected chi connectivity index (χ3v) is 2.38. The van der Waals surface area contributed by atoms with Crippen LogP contribution in [-0.2, 0) is 17.8 Å². The highest BCUT2D eigenvalue weighted by atomic mass is 16.7. The van der Waals surface area contributed by atoms with Crippen molar-refractivity contribution in [2.45, 2.75) is 19.4 Å². The van der Waals surface area contributed by atoms with Gasteiger partial charge in [-0.25, -0.2) is 0 Å². The van der Waals surface area contributed by atoms with E-state index in [4.69, 9.17) is 14.6 Å². The summed E-state index contributed by atoms with van der Waals surface area (Å²) >= 11 is 0. The van der Waals surface area contributed by atoms with Crippen molar-refractivity contribution >= 4 is 0 Å². The maximum absolute atomic E-state index is 8.77. The van der Waals surface area contributed by atoms with Gasteiger partial charge in [0.05, 0.1) is 6.61 Å². The normalized spacial score (nSPS) is 14.6. The highest BCUT2D eigenvalue weighted by molar-refractivity contribution is 5.40. The van der Waals surface area contributed by atoms with Crippen LogP contribution in [0.25, 0.3) is 0 Å². The van der Waals surface area contributed by atoms with Crippen molar-refractivity contribution in [3.05, 3.63) is 29.3 Å². The monoisotopic (exact) mass is 194 g/mol. The molecule has 0 radical (unpaired) electrons. The summed E-state index contributed by atoms with van der Waals surface area (Å²) in [6, 6.07) is 6.00.